The lowest BCUT2D eigenvalue weighted by Gasteiger charge is -2.16. The van der Waals surface area contributed by atoms with Crippen molar-refractivity contribution in [1.29, 1.82) is 0 Å². The van der Waals surface area contributed by atoms with Crippen molar-refractivity contribution in [2.45, 2.75) is 31.4 Å². The second kappa shape index (κ2) is 2.27. The number of hydrogen-bond acceptors (Lipinski definition) is 2. The Morgan fingerprint density at radius 3 is 2.67 bits per heavy atom. The van der Waals surface area contributed by atoms with Gasteiger partial charge in [-0.05, 0) is 26.7 Å². The molecule has 0 aromatic heterocycles. The van der Waals surface area contributed by atoms with Crippen LogP contribution in [0, 0.1) is 6.92 Å². The van der Waals surface area contributed by atoms with E-state index in [2.05, 4.69) is 12.2 Å². The summed E-state index contributed by atoms with van der Waals surface area (Å²) in [4.78, 5) is 0. The van der Waals surface area contributed by atoms with Crippen LogP contribution in [0.25, 0.3) is 0 Å². The molecule has 1 unspecified atom stereocenters. The van der Waals surface area contributed by atoms with Gasteiger partial charge in [-0.15, -0.1) is 0 Å². The number of aliphatic hydroxyl groups is 1. The zero-order valence-electron chi connectivity index (χ0n) is 5.85. The van der Waals surface area contributed by atoms with Crippen LogP contribution in [0.5, 0.6) is 0 Å². The van der Waals surface area contributed by atoms with Crippen LogP contribution in [0.15, 0.2) is 0 Å². The summed E-state index contributed by atoms with van der Waals surface area (Å²) in [5, 5.41) is 12.3. The standard InChI is InChI=1S/C7H14NO/c1-7(2,9)5-8-6-3-4-6/h6,8-9H,1,3-5H2,2H3. The summed E-state index contributed by atoms with van der Waals surface area (Å²) >= 11 is 0. The molecule has 1 rings (SSSR count). The summed E-state index contributed by atoms with van der Waals surface area (Å²) < 4.78 is 0. The Hall–Kier alpha value is -0.0800. The molecule has 1 atom stereocenters. The van der Waals surface area contributed by atoms with Gasteiger partial charge in [0.25, 0.3) is 0 Å². The van der Waals surface area contributed by atoms with E-state index in [1.807, 2.05) is 0 Å². The Kier molecular flexibility index (Phi) is 1.78. The molecule has 2 heteroatoms. The largest absolute Gasteiger partial charge is 0.389 e. The van der Waals surface area contributed by atoms with E-state index in [1.54, 1.807) is 6.92 Å². The minimum Gasteiger partial charge on any atom is -0.389 e. The molecule has 1 aliphatic rings. The first-order valence-electron chi connectivity index (χ1n) is 3.39. The lowest BCUT2D eigenvalue weighted by Crippen LogP contribution is -2.36. The van der Waals surface area contributed by atoms with Gasteiger partial charge in [-0.3, -0.25) is 0 Å². The molecule has 0 amide bonds. The van der Waals surface area contributed by atoms with Crippen molar-refractivity contribution >= 4 is 0 Å². The van der Waals surface area contributed by atoms with Crippen molar-refractivity contribution in [2.75, 3.05) is 6.54 Å². The quantitative estimate of drug-likeness (QED) is 0.574. The van der Waals surface area contributed by atoms with E-state index in [1.165, 1.54) is 12.8 Å². The fourth-order valence-electron chi connectivity index (χ4n) is 0.652. The highest BCUT2D eigenvalue weighted by Crippen LogP contribution is 2.18. The predicted octanol–water partition coefficient (Wildman–Crippen LogP) is 0.323. The van der Waals surface area contributed by atoms with Gasteiger partial charge in [0, 0.05) is 12.6 Å². The maximum atomic E-state index is 9.12. The molecule has 0 heterocycles. The second-order valence-electron chi connectivity index (χ2n) is 3.15. The summed E-state index contributed by atoms with van der Waals surface area (Å²) in [5.41, 5.74) is -0.789. The van der Waals surface area contributed by atoms with Crippen molar-refractivity contribution < 1.29 is 5.11 Å². The lowest BCUT2D eigenvalue weighted by atomic mass is 10.1. The number of hydrogen-bond donors (Lipinski definition) is 2. The van der Waals surface area contributed by atoms with E-state index < -0.39 is 5.60 Å². The SMILES string of the molecule is [CH2]C(C)(O)CNC1CC1. The molecule has 1 fully saturated rings. The highest BCUT2D eigenvalue weighted by molar-refractivity contribution is 4.86. The molecule has 0 aromatic rings. The summed E-state index contributed by atoms with van der Waals surface area (Å²) in [6, 6.07) is 0.665. The van der Waals surface area contributed by atoms with Crippen molar-refractivity contribution in [1.82, 2.24) is 5.32 Å². The third-order valence-electron chi connectivity index (χ3n) is 1.35. The van der Waals surface area contributed by atoms with E-state index in [4.69, 9.17) is 5.11 Å². The zero-order chi connectivity index (χ0) is 6.91. The molecule has 1 radical (unpaired) electrons. The van der Waals surface area contributed by atoms with Gasteiger partial charge in [0.2, 0.25) is 0 Å². The fourth-order valence-corrected chi connectivity index (χ4v) is 0.652. The van der Waals surface area contributed by atoms with Crippen LogP contribution in [-0.2, 0) is 0 Å². The van der Waals surface area contributed by atoms with Gasteiger partial charge in [0.15, 0.2) is 0 Å². The minimum absolute atomic E-state index is 0.609. The van der Waals surface area contributed by atoms with Crippen LogP contribution in [0.2, 0.25) is 0 Å². The Morgan fingerprint density at radius 1 is 1.78 bits per heavy atom. The van der Waals surface area contributed by atoms with Crippen molar-refractivity contribution in [3.8, 4) is 0 Å². The van der Waals surface area contributed by atoms with Gasteiger partial charge in [0.1, 0.15) is 0 Å². The molecule has 0 aromatic carbocycles. The zero-order valence-corrected chi connectivity index (χ0v) is 5.85. The van der Waals surface area contributed by atoms with Crippen LogP contribution in [-0.4, -0.2) is 23.3 Å². The van der Waals surface area contributed by atoms with Crippen LogP contribution in [0.1, 0.15) is 19.8 Å². The summed E-state index contributed by atoms with van der Waals surface area (Å²) in [5.74, 6) is 0. The van der Waals surface area contributed by atoms with Gasteiger partial charge < -0.3 is 10.4 Å². The van der Waals surface area contributed by atoms with Crippen molar-refractivity contribution in [3.63, 3.8) is 0 Å². The molecular weight excluding hydrogens is 114 g/mol. The molecule has 53 valence electrons. The normalized spacial score (nSPS) is 20.3. The minimum atomic E-state index is -0.789. The first-order chi connectivity index (χ1) is 4.08. The summed E-state index contributed by atoms with van der Waals surface area (Å²) in [7, 11) is 0. The summed E-state index contributed by atoms with van der Waals surface area (Å²) in [6.07, 6.45) is 2.52. The second-order valence-corrected chi connectivity index (χ2v) is 3.15. The average molecular weight is 128 g/mol. The predicted molar refractivity (Wildman–Crippen MR) is 37.0 cm³/mol. The van der Waals surface area contributed by atoms with Crippen molar-refractivity contribution in [2.24, 2.45) is 0 Å². The fraction of sp³-hybridized carbons (Fsp3) is 0.857. The van der Waals surface area contributed by atoms with E-state index in [-0.39, 0.29) is 0 Å². The highest BCUT2D eigenvalue weighted by Gasteiger charge is 2.23. The smallest absolute Gasteiger partial charge is 0.0744 e. The van der Waals surface area contributed by atoms with Gasteiger partial charge in [0.05, 0.1) is 5.60 Å². The van der Waals surface area contributed by atoms with Crippen LogP contribution in [0.4, 0.5) is 0 Å². The molecule has 2 nitrogen and oxygen atoms in total. The third-order valence-corrected chi connectivity index (χ3v) is 1.35. The van der Waals surface area contributed by atoms with Gasteiger partial charge in [-0.2, -0.15) is 0 Å². The number of nitrogens with one attached hydrogen (secondary N) is 1. The van der Waals surface area contributed by atoms with Gasteiger partial charge in [-0.1, -0.05) is 0 Å². The van der Waals surface area contributed by atoms with Crippen LogP contribution >= 0.6 is 0 Å². The van der Waals surface area contributed by atoms with E-state index >= 15 is 0 Å². The lowest BCUT2D eigenvalue weighted by molar-refractivity contribution is 0.107. The molecule has 0 bridgehead atoms. The number of rotatable bonds is 3. The monoisotopic (exact) mass is 128 g/mol. The molecule has 1 saturated carbocycles. The maximum Gasteiger partial charge on any atom is 0.0744 e. The molecule has 1 aliphatic carbocycles. The van der Waals surface area contributed by atoms with Crippen LogP contribution in [0.3, 0.4) is 0 Å². The summed E-state index contributed by atoms with van der Waals surface area (Å²) in [6.45, 7) is 5.88. The molecule has 2 N–H and O–H groups in total. The Labute approximate surface area is 56.3 Å². The Balaban J connectivity index is 2.03. The Bertz CT molecular complexity index is 91.6. The maximum absolute atomic E-state index is 9.12. The molecule has 0 saturated heterocycles. The Morgan fingerprint density at radius 2 is 2.33 bits per heavy atom. The third kappa shape index (κ3) is 3.49. The van der Waals surface area contributed by atoms with E-state index in [0.29, 0.717) is 12.6 Å². The average Bonchev–Trinajstić information content (AvgIpc) is 2.38. The molecular formula is C7H14NO. The topological polar surface area (TPSA) is 32.3 Å². The van der Waals surface area contributed by atoms with Crippen molar-refractivity contribution in [3.05, 3.63) is 6.92 Å². The van der Waals surface area contributed by atoms with Gasteiger partial charge in [-0.25, -0.2) is 0 Å². The first-order valence-corrected chi connectivity index (χ1v) is 3.39. The molecule has 9 heavy (non-hydrogen) atoms. The first kappa shape index (κ1) is 7.03. The molecule has 0 spiro atoms. The van der Waals surface area contributed by atoms with Crippen LogP contribution < -0.4 is 5.32 Å². The van der Waals surface area contributed by atoms with E-state index in [9.17, 15) is 0 Å². The highest BCUT2D eigenvalue weighted by atomic mass is 16.3. The van der Waals surface area contributed by atoms with Gasteiger partial charge >= 0.3 is 0 Å². The molecule has 0 aliphatic heterocycles. The van der Waals surface area contributed by atoms with E-state index in [0.717, 1.165) is 0 Å².